The first-order valence-corrected chi connectivity index (χ1v) is 10.1. The molecule has 0 aromatic heterocycles. The molecule has 0 amide bonds. The average Bonchev–Trinajstić information content (AvgIpc) is 2.13. The highest BCUT2D eigenvalue weighted by Gasteiger charge is 2.35. The summed E-state index contributed by atoms with van der Waals surface area (Å²) in [6, 6.07) is 0. The van der Waals surface area contributed by atoms with E-state index in [-0.39, 0.29) is 0 Å². The van der Waals surface area contributed by atoms with Crippen LogP contribution in [-0.2, 0) is 20.6 Å². The van der Waals surface area contributed by atoms with Gasteiger partial charge in [0.1, 0.15) is 0 Å². The molecule has 100 valence electrons. The lowest BCUT2D eigenvalue weighted by molar-refractivity contribution is 0.370. The molecule has 0 N–H and O–H groups in total. The van der Waals surface area contributed by atoms with Gasteiger partial charge in [-0.05, 0) is 24.1 Å². The maximum Gasteiger partial charge on any atom is 0.330 e. The fraction of sp³-hybridized carbons (Fsp3) is 1.00. The average molecular weight is 327 g/mol. The molecule has 0 spiro atoms. The van der Waals surface area contributed by atoms with E-state index in [2.05, 4.69) is 12.1 Å². The minimum Gasteiger partial charge on any atom is -0.239 e. The zero-order valence-electron chi connectivity index (χ0n) is 8.54. The first kappa shape index (κ1) is 13.7. The van der Waals surface area contributed by atoms with Gasteiger partial charge in [-0.15, -0.1) is 16.1 Å². The van der Waals surface area contributed by atoms with Gasteiger partial charge in [-0.3, -0.25) is 0 Å². The van der Waals surface area contributed by atoms with Gasteiger partial charge in [-0.2, -0.15) is 8.42 Å². The van der Waals surface area contributed by atoms with E-state index in [1.54, 1.807) is 0 Å². The molecule has 12 heteroatoms. The van der Waals surface area contributed by atoms with Crippen molar-refractivity contribution in [3.8, 4) is 0 Å². The number of hydrogen-bond donors (Lipinski definition) is 0. The van der Waals surface area contributed by atoms with Crippen molar-refractivity contribution in [2.75, 3.05) is 13.1 Å². The Morgan fingerprint density at radius 3 is 2.24 bits per heavy atom. The molecule has 2 rings (SSSR count). The number of halogens is 3. The SMILES string of the molecule is O=[S@@]1(F)=N[S@](=O)(F)=NP(Cl)(N2CCCCC2)=N1. The molecule has 3 atom stereocenters. The molecule has 0 aromatic rings. The number of piperidine rings is 1. The molecule has 0 bridgehead atoms. The van der Waals surface area contributed by atoms with Gasteiger partial charge >= 0.3 is 20.6 Å². The highest BCUT2D eigenvalue weighted by Crippen LogP contribution is 2.64. The molecule has 0 saturated carbocycles. The van der Waals surface area contributed by atoms with Gasteiger partial charge < -0.3 is 0 Å². The second-order valence-electron chi connectivity index (χ2n) is 3.61. The van der Waals surface area contributed by atoms with E-state index in [0.29, 0.717) is 13.1 Å². The van der Waals surface area contributed by atoms with Crippen LogP contribution in [0.1, 0.15) is 19.3 Å². The van der Waals surface area contributed by atoms with Gasteiger partial charge in [-0.1, -0.05) is 10.2 Å². The van der Waals surface area contributed by atoms with Crippen molar-refractivity contribution in [2.45, 2.75) is 19.3 Å². The third-order valence-electron chi connectivity index (χ3n) is 2.29. The lowest BCUT2D eigenvalue weighted by Gasteiger charge is -2.31. The second kappa shape index (κ2) is 4.41. The molecule has 0 radical (unpaired) electrons. The minimum atomic E-state index is -4.72. The smallest absolute Gasteiger partial charge is 0.239 e. The van der Waals surface area contributed by atoms with Crippen LogP contribution in [0.5, 0.6) is 0 Å². The summed E-state index contributed by atoms with van der Waals surface area (Å²) < 4.78 is 58.9. The maximum atomic E-state index is 13.2. The molecule has 0 aromatic carbocycles. The van der Waals surface area contributed by atoms with Crippen LogP contribution >= 0.6 is 17.9 Å². The summed E-state index contributed by atoms with van der Waals surface area (Å²) in [5.41, 5.74) is 0. The van der Waals surface area contributed by atoms with Crippen molar-refractivity contribution in [1.82, 2.24) is 4.67 Å². The van der Waals surface area contributed by atoms with Crippen molar-refractivity contribution < 1.29 is 16.2 Å². The van der Waals surface area contributed by atoms with Gasteiger partial charge in [0, 0.05) is 13.1 Å². The Bertz CT molecular complexity index is 601. The highest BCUT2D eigenvalue weighted by molar-refractivity contribution is 8.09. The fourth-order valence-electron chi connectivity index (χ4n) is 1.65. The first-order valence-electron chi connectivity index (χ1n) is 4.77. The third-order valence-corrected chi connectivity index (χ3v) is 9.90. The zero-order chi connectivity index (χ0) is 12.7. The van der Waals surface area contributed by atoms with Crippen LogP contribution in [0, 0.1) is 0 Å². The summed E-state index contributed by atoms with van der Waals surface area (Å²) in [7, 11) is -9.43. The van der Waals surface area contributed by atoms with E-state index in [1.807, 2.05) is 0 Å². The van der Waals surface area contributed by atoms with Gasteiger partial charge in [0.25, 0.3) is 6.71 Å². The van der Waals surface area contributed by atoms with E-state index in [0.717, 1.165) is 19.3 Å². The third kappa shape index (κ3) is 3.17. The lowest BCUT2D eigenvalue weighted by Crippen LogP contribution is -2.25. The van der Waals surface area contributed by atoms with Crippen molar-refractivity contribution in [2.24, 2.45) is 12.1 Å². The largest absolute Gasteiger partial charge is 0.330 e. The van der Waals surface area contributed by atoms with Gasteiger partial charge in [0.2, 0.25) is 0 Å². The Kier molecular flexibility index (Phi) is 3.55. The van der Waals surface area contributed by atoms with Crippen LogP contribution in [0.25, 0.3) is 0 Å². The van der Waals surface area contributed by atoms with E-state index < -0.39 is 27.3 Å². The van der Waals surface area contributed by atoms with Crippen molar-refractivity contribution in [1.29, 1.82) is 0 Å². The molecule has 1 saturated heterocycles. The maximum absolute atomic E-state index is 13.2. The normalized spacial score (nSPS) is 47.7. The molecule has 1 fully saturated rings. The first-order chi connectivity index (χ1) is 7.73. The Balaban J connectivity index is 2.55. The molecular weight excluding hydrogens is 317 g/mol. The number of nitrogens with zero attached hydrogens (tertiary/aromatic N) is 4. The van der Waals surface area contributed by atoms with Gasteiger partial charge in [0.05, 0.1) is 0 Å². The molecule has 6 nitrogen and oxygen atoms in total. The standard InChI is InChI=1S/C5H10ClF2N4O2PS2/c6-15(12-4-2-1-3-5-12)9-16(7,13)11-17(8,14)10-15/h1-5H2/t15?,16-,17+. The predicted molar refractivity (Wildman–Crippen MR) is 64.0 cm³/mol. The minimum absolute atomic E-state index is 0.440. The molecule has 17 heavy (non-hydrogen) atoms. The van der Waals surface area contributed by atoms with Crippen LogP contribution in [-0.4, -0.2) is 26.2 Å². The van der Waals surface area contributed by atoms with Crippen LogP contribution in [0.2, 0.25) is 0 Å². The molecule has 2 aliphatic rings. The number of rotatable bonds is 1. The van der Waals surface area contributed by atoms with E-state index in [4.69, 9.17) is 11.2 Å². The van der Waals surface area contributed by atoms with Gasteiger partial charge in [0.15, 0.2) is 0 Å². The lowest BCUT2D eigenvalue weighted by atomic mass is 10.2. The van der Waals surface area contributed by atoms with Crippen LogP contribution in [0.15, 0.2) is 12.1 Å². The summed E-state index contributed by atoms with van der Waals surface area (Å²) in [5.74, 6) is 0. The predicted octanol–water partition coefficient (Wildman–Crippen LogP) is 3.21. The van der Waals surface area contributed by atoms with Crippen LogP contribution in [0.3, 0.4) is 0 Å². The summed E-state index contributed by atoms with van der Waals surface area (Å²) in [6.45, 7) is -2.64. The molecular formula is C5H10ClF2N4O2PS2. The Morgan fingerprint density at radius 2 is 1.71 bits per heavy atom. The molecule has 0 aliphatic carbocycles. The quantitative estimate of drug-likeness (QED) is 0.548. The van der Waals surface area contributed by atoms with E-state index in [1.165, 1.54) is 4.67 Å². The van der Waals surface area contributed by atoms with E-state index >= 15 is 0 Å². The van der Waals surface area contributed by atoms with Crippen LogP contribution < -0.4 is 0 Å². The fourth-order valence-corrected chi connectivity index (χ4v) is 9.21. The van der Waals surface area contributed by atoms with Crippen LogP contribution in [0.4, 0.5) is 7.77 Å². The summed E-state index contributed by atoms with van der Waals surface area (Å²) in [4.78, 5) is 0. The summed E-state index contributed by atoms with van der Waals surface area (Å²) >= 11 is 5.93. The Labute approximate surface area is 104 Å². The summed E-state index contributed by atoms with van der Waals surface area (Å²) in [6.07, 6.45) is 2.52. The van der Waals surface area contributed by atoms with Gasteiger partial charge in [-0.25, -0.2) is 4.67 Å². The van der Waals surface area contributed by atoms with Crippen molar-refractivity contribution >= 4 is 38.6 Å². The Morgan fingerprint density at radius 1 is 1.12 bits per heavy atom. The monoisotopic (exact) mass is 326 g/mol. The Hall–Kier alpha value is 0.240. The topological polar surface area (TPSA) is 74.5 Å². The molecule has 2 heterocycles. The molecule has 2 aliphatic heterocycles. The summed E-state index contributed by atoms with van der Waals surface area (Å²) in [5, 5.41) is 0. The second-order valence-corrected chi connectivity index (χ2v) is 10.2. The zero-order valence-corrected chi connectivity index (χ0v) is 11.8. The highest BCUT2D eigenvalue weighted by atomic mass is 35.7. The number of hydrogen-bond acceptors (Lipinski definition) is 4. The van der Waals surface area contributed by atoms with Crippen molar-refractivity contribution in [3.63, 3.8) is 0 Å². The van der Waals surface area contributed by atoms with Crippen molar-refractivity contribution in [3.05, 3.63) is 0 Å². The van der Waals surface area contributed by atoms with E-state index in [9.17, 15) is 16.2 Å². The molecule has 1 unspecified atom stereocenters.